The normalized spacial score (nSPS) is 15.4. The van der Waals surface area contributed by atoms with Gasteiger partial charge in [0.05, 0.1) is 17.4 Å². The Labute approximate surface area is 233 Å². The van der Waals surface area contributed by atoms with Crippen molar-refractivity contribution in [2.45, 2.75) is 24.4 Å². The highest BCUT2D eigenvalue weighted by molar-refractivity contribution is 7.89. The Hall–Kier alpha value is -3.98. The van der Waals surface area contributed by atoms with Crippen LogP contribution >= 0.6 is 0 Å². The fourth-order valence-electron chi connectivity index (χ4n) is 3.93. The van der Waals surface area contributed by atoms with E-state index in [9.17, 15) is 30.8 Å². The third kappa shape index (κ3) is 7.61. The van der Waals surface area contributed by atoms with E-state index >= 15 is 0 Å². The van der Waals surface area contributed by atoms with Crippen LogP contribution in [0.4, 0.5) is 35.0 Å². The number of carboxylic acid groups (broad SMARTS) is 1. The number of piperazine rings is 1. The number of nitrogens with zero attached hydrogens (tertiary/aromatic N) is 4. The first kappa shape index (κ1) is 30.0. The lowest BCUT2D eigenvalue weighted by atomic mass is 10.1. The molecule has 1 fully saturated rings. The van der Waals surface area contributed by atoms with Crippen LogP contribution in [0.2, 0.25) is 0 Å². The SMILES string of the molecule is CC(CCOc1ccc(S(=O)(=O)N2CCN(c3nc(Nc4ccc(F)cc4)cc(C(F)(F)F)n3)CC2)cc1)C(=O)O. The summed E-state index contributed by atoms with van der Waals surface area (Å²) >= 11 is 0. The van der Waals surface area contributed by atoms with Crippen LogP contribution in [0.5, 0.6) is 5.75 Å². The van der Waals surface area contributed by atoms with Gasteiger partial charge < -0.3 is 20.1 Å². The van der Waals surface area contributed by atoms with Crippen molar-refractivity contribution in [2.24, 2.45) is 5.92 Å². The Balaban J connectivity index is 1.42. The molecule has 0 radical (unpaired) electrons. The predicted octanol–water partition coefficient (Wildman–Crippen LogP) is 4.38. The summed E-state index contributed by atoms with van der Waals surface area (Å²) in [6.45, 7) is 1.76. The molecule has 2 aromatic carbocycles. The summed E-state index contributed by atoms with van der Waals surface area (Å²) in [5.41, 5.74) is -0.854. The highest BCUT2D eigenvalue weighted by Gasteiger charge is 2.35. The number of anilines is 3. The largest absolute Gasteiger partial charge is 0.494 e. The van der Waals surface area contributed by atoms with Crippen LogP contribution in [0, 0.1) is 11.7 Å². The van der Waals surface area contributed by atoms with E-state index in [1.54, 1.807) is 6.92 Å². The van der Waals surface area contributed by atoms with E-state index in [1.165, 1.54) is 45.6 Å². The van der Waals surface area contributed by atoms with Gasteiger partial charge in [-0.05, 0) is 55.0 Å². The van der Waals surface area contributed by atoms with Crippen LogP contribution in [0.25, 0.3) is 0 Å². The molecule has 0 bridgehead atoms. The zero-order chi connectivity index (χ0) is 29.8. The van der Waals surface area contributed by atoms with E-state index in [0.29, 0.717) is 17.9 Å². The monoisotopic (exact) mass is 597 g/mol. The first-order valence-electron chi connectivity index (χ1n) is 12.5. The number of aliphatic carboxylic acids is 1. The Kier molecular flexibility index (Phi) is 8.97. The summed E-state index contributed by atoms with van der Waals surface area (Å²) in [4.78, 5) is 20.2. The Bertz CT molecular complexity index is 1460. The number of carbonyl (C=O) groups is 1. The van der Waals surface area contributed by atoms with Crippen molar-refractivity contribution in [3.05, 3.63) is 66.1 Å². The number of alkyl halides is 3. The highest BCUT2D eigenvalue weighted by atomic mass is 32.2. The van der Waals surface area contributed by atoms with Crippen LogP contribution in [0.1, 0.15) is 19.0 Å². The molecule has 1 unspecified atom stereocenters. The summed E-state index contributed by atoms with van der Waals surface area (Å²) in [7, 11) is -3.90. The van der Waals surface area contributed by atoms with Gasteiger partial charge >= 0.3 is 12.1 Å². The molecule has 0 spiro atoms. The second-order valence-electron chi connectivity index (χ2n) is 9.31. The third-order valence-electron chi connectivity index (χ3n) is 6.35. The van der Waals surface area contributed by atoms with Gasteiger partial charge in [-0.3, -0.25) is 4.79 Å². The zero-order valence-corrected chi connectivity index (χ0v) is 22.6. The van der Waals surface area contributed by atoms with Crippen LogP contribution in [0.3, 0.4) is 0 Å². The number of hydrogen-bond acceptors (Lipinski definition) is 8. The molecule has 2 N–H and O–H groups in total. The van der Waals surface area contributed by atoms with Gasteiger partial charge in [-0.2, -0.15) is 22.5 Å². The van der Waals surface area contributed by atoms with Gasteiger partial charge in [0.2, 0.25) is 16.0 Å². The summed E-state index contributed by atoms with van der Waals surface area (Å²) in [6, 6.07) is 11.5. The first-order chi connectivity index (χ1) is 19.3. The molecule has 4 rings (SSSR count). The predicted molar refractivity (Wildman–Crippen MR) is 141 cm³/mol. The van der Waals surface area contributed by atoms with Gasteiger partial charge in [-0.25, -0.2) is 17.8 Å². The molecule has 1 aliphatic heterocycles. The van der Waals surface area contributed by atoms with Gasteiger partial charge in [-0.15, -0.1) is 0 Å². The number of carboxylic acids is 1. The molecule has 220 valence electrons. The van der Waals surface area contributed by atoms with Crippen LogP contribution in [-0.2, 0) is 21.0 Å². The van der Waals surface area contributed by atoms with Crippen LogP contribution < -0.4 is 15.0 Å². The minimum atomic E-state index is -4.76. The lowest BCUT2D eigenvalue weighted by molar-refractivity contribution is -0.142. The number of aromatic nitrogens is 2. The van der Waals surface area contributed by atoms with Crippen molar-refractivity contribution in [2.75, 3.05) is 43.0 Å². The maximum atomic E-state index is 13.6. The summed E-state index contributed by atoms with van der Waals surface area (Å²) in [6.07, 6.45) is -4.47. The second-order valence-corrected chi connectivity index (χ2v) is 11.2. The molecule has 0 aliphatic carbocycles. The Morgan fingerprint density at radius 3 is 2.27 bits per heavy atom. The van der Waals surface area contributed by atoms with E-state index in [-0.39, 0.29) is 49.4 Å². The van der Waals surface area contributed by atoms with E-state index in [1.807, 2.05) is 0 Å². The lowest BCUT2D eigenvalue weighted by Gasteiger charge is -2.34. The fourth-order valence-corrected chi connectivity index (χ4v) is 5.35. The summed E-state index contributed by atoms with van der Waals surface area (Å²) in [5.74, 6) is -2.00. The van der Waals surface area contributed by atoms with Crippen LogP contribution in [-0.4, -0.2) is 66.6 Å². The smallest absolute Gasteiger partial charge is 0.433 e. The highest BCUT2D eigenvalue weighted by Crippen LogP contribution is 2.32. The Morgan fingerprint density at radius 1 is 1.05 bits per heavy atom. The number of rotatable bonds is 10. The molecule has 2 heterocycles. The molecular formula is C26H27F4N5O5S. The second kappa shape index (κ2) is 12.3. The number of hydrogen-bond donors (Lipinski definition) is 2. The number of ether oxygens (including phenoxy) is 1. The van der Waals surface area contributed by atoms with Gasteiger partial charge in [-0.1, -0.05) is 6.92 Å². The molecule has 15 heteroatoms. The van der Waals surface area contributed by atoms with E-state index in [4.69, 9.17) is 9.84 Å². The van der Waals surface area contributed by atoms with Crippen molar-refractivity contribution >= 4 is 33.4 Å². The molecule has 1 saturated heterocycles. The maximum Gasteiger partial charge on any atom is 0.433 e. The minimum absolute atomic E-state index is 0.0123. The zero-order valence-electron chi connectivity index (χ0n) is 21.8. The van der Waals surface area contributed by atoms with Gasteiger partial charge in [0.1, 0.15) is 17.4 Å². The molecule has 41 heavy (non-hydrogen) atoms. The molecule has 1 atom stereocenters. The summed E-state index contributed by atoms with van der Waals surface area (Å²) in [5, 5.41) is 11.7. The molecule has 1 aliphatic rings. The number of nitrogens with one attached hydrogen (secondary N) is 1. The van der Waals surface area contributed by atoms with E-state index in [2.05, 4.69) is 15.3 Å². The van der Waals surface area contributed by atoms with Crippen molar-refractivity contribution in [1.82, 2.24) is 14.3 Å². The third-order valence-corrected chi connectivity index (χ3v) is 8.26. The van der Waals surface area contributed by atoms with Crippen molar-refractivity contribution in [3.63, 3.8) is 0 Å². The molecule has 1 aromatic heterocycles. The molecule has 0 saturated carbocycles. The average Bonchev–Trinajstić information content (AvgIpc) is 2.94. The van der Waals surface area contributed by atoms with Gasteiger partial charge in [0.25, 0.3) is 0 Å². The van der Waals surface area contributed by atoms with Crippen molar-refractivity contribution in [1.29, 1.82) is 0 Å². The quantitative estimate of drug-likeness (QED) is 0.328. The maximum absolute atomic E-state index is 13.6. The van der Waals surface area contributed by atoms with E-state index in [0.717, 1.165) is 18.2 Å². The molecular weight excluding hydrogens is 570 g/mol. The molecule has 3 aromatic rings. The first-order valence-corrected chi connectivity index (χ1v) is 14.0. The fraction of sp³-hybridized carbons (Fsp3) is 0.346. The molecule has 10 nitrogen and oxygen atoms in total. The van der Waals surface area contributed by atoms with Crippen LogP contribution in [0.15, 0.2) is 59.5 Å². The minimum Gasteiger partial charge on any atom is -0.494 e. The topological polar surface area (TPSA) is 125 Å². The van der Waals surface area contributed by atoms with Crippen molar-refractivity contribution < 1.29 is 40.6 Å². The van der Waals surface area contributed by atoms with Gasteiger partial charge in [0.15, 0.2) is 5.69 Å². The summed E-state index contributed by atoms with van der Waals surface area (Å²) < 4.78 is 87.0. The average molecular weight is 598 g/mol. The standard InChI is InChI=1S/C26H27F4N5O5S/c1-17(24(36)37)10-15-40-20-6-8-21(9-7-20)41(38,39)35-13-11-34(12-14-35)25-32-22(26(28,29)30)16-23(33-25)31-19-4-2-18(27)3-5-19/h2-9,16-17H,10-15H2,1H3,(H,36,37)(H,31,32,33). The van der Waals surface area contributed by atoms with Crippen molar-refractivity contribution in [3.8, 4) is 5.75 Å². The number of benzene rings is 2. The van der Waals surface area contributed by atoms with E-state index < -0.39 is 39.6 Å². The van der Waals surface area contributed by atoms with Gasteiger partial charge in [0, 0.05) is 37.9 Å². The Morgan fingerprint density at radius 2 is 1.68 bits per heavy atom. The number of halogens is 4. The number of sulfonamides is 1. The molecule has 0 amide bonds. The lowest BCUT2D eigenvalue weighted by Crippen LogP contribution is -2.49.